The van der Waals surface area contributed by atoms with E-state index in [-0.39, 0.29) is 5.54 Å². The first kappa shape index (κ1) is 19.7. The van der Waals surface area contributed by atoms with Crippen molar-refractivity contribution >= 4 is 0 Å². The lowest BCUT2D eigenvalue weighted by atomic mass is 9.93. The summed E-state index contributed by atoms with van der Waals surface area (Å²) in [6, 6.07) is 1.12. The fourth-order valence-corrected chi connectivity index (χ4v) is 4.67. The molecule has 0 amide bonds. The number of aromatic nitrogens is 4. The Morgan fingerprint density at radius 2 is 1.69 bits per heavy atom. The maximum atomic E-state index is 4.48. The second-order valence-electron chi connectivity index (χ2n) is 9.17. The first-order valence-corrected chi connectivity index (χ1v) is 10.7. The Kier molecular flexibility index (Phi) is 6.33. The van der Waals surface area contributed by atoms with Crippen LogP contribution >= 0.6 is 0 Å². The van der Waals surface area contributed by atoms with Crippen LogP contribution in [0.25, 0.3) is 0 Å². The highest BCUT2D eigenvalue weighted by Crippen LogP contribution is 2.32. The van der Waals surface area contributed by atoms with Gasteiger partial charge in [0, 0.05) is 32.2 Å². The van der Waals surface area contributed by atoms with Crippen molar-refractivity contribution in [3.63, 3.8) is 0 Å². The van der Waals surface area contributed by atoms with Gasteiger partial charge in [0.2, 0.25) is 0 Å². The minimum atomic E-state index is -0.0457. The van der Waals surface area contributed by atoms with E-state index in [2.05, 4.69) is 64.6 Å². The van der Waals surface area contributed by atoms with Gasteiger partial charge in [-0.25, -0.2) is 4.68 Å². The summed E-state index contributed by atoms with van der Waals surface area (Å²) < 4.78 is 2.07. The Morgan fingerprint density at radius 1 is 1.04 bits per heavy atom. The molecular weight excluding hydrogens is 324 g/mol. The molecule has 0 N–H and O–H groups in total. The predicted molar refractivity (Wildman–Crippen MR) is 105 cm³/mol. The van der Waals surface area contributed by atoms with Crippen LogP contribution in [0.4, 0.5) is 0 Å². The first-order valence-electron chi connectivity index (χ1n) is 10.7. The Hall–Kier alpha value is -1.01. The molecule has 0 bridgehead atoms. The molecule has 1 saturated carbocycles. The van der Waals surface area contributed by atoms with E-state index in [1.807, 2.05) is 0 Å². The lowest BCUT2D eigenvalue weighted by Gasteiger charge is -2.44. The lowest BCUT2D eigenvalue weighted by Crippen LogP contribution is -2.52. The van der Waals surface area contributed by atoms with E-state index in [9.17, 15) is 0 Å². The molecule has 1 aromatic rings. The average molecular weight is 363 g/mol. The third-order valence-electron chi connectivity index (χ3n) is 6.66. The van der Waals surface area contributed by atoms with Crippen LogP contribution in [-0.4, -0.2) is 62.2 Å². The fourth-order valence-electron chi connectivity index (χ4n) is 4.67. The zero-order chi connectivity index (χ0) is 18.7. The van der Waals surface area contributed by atoms with Gasteiger partial charge < -0.3 is 0 Å². The van der Waals surface area contributed by atoms with Crippen molar-refractivity contribution in [2.24, 2.45) is 5.92 Å². The number of rotatable bonds is 6. The molecule has 2 fully saturated rings. The molecule has 1 atom stereocenters. The minimum Gasteiger partial charge on any atom is -0.298 e. The van der Waals surface area contributed by atoms with Crippen LogP contribution in [-0.2, 0) is 5.54 Å². The Labute approximate surface area is 159 Å². The van der Waals surface area contributed by atoms with Crippen molar-refractivity contribution in [2.75, 3.05) is 26.2 Å². The molecule has 1 aliphatic heterocycles. The smallest absolute Gasteiger partial charge is 0.169 e. The molecule has 0 radical (unpaired) electrons. The summed E-state index contributed by atoms with van der Waals surface area (Å²) in [5.74, 6) is 1.53. The summed E-state index contributed by atoms with van der Waals surface area (Å²) in [5, 5.41) is 12.9. The zero-order valence-electron chi connectivity index (χ0n) is 17.5. The second kappa shape index (κ2) is 8.34. The number of piperazine rings is 1. The summed E-state index contributed by atoms with van der Waals surface area (Å²) in [6.45, 7) is 15.9. The third kappa shape index (κ3) is 4.11. The van der Waals surface area contributed by atoms with Crippen molar-refractivity contribution in [1.29, 1.82) is 0 Å². The molecule has 148 valence electrons. The molecule has 2 heterocycles. The summed E-state index contributed by atoms with van der Waals surface area (Å²) in [6.07, 6.45) is 8.08. The van der Waals surface area contributed by atoms with E-state index in [1.165, 1.54) is 45.2 Å². The maximum absolute atomic E-state index is 4.48. The molecule has 0 aromatic carbocycles. The van der Waals surface area contributed by atoms with Gasteiger partial charge in [-0.1, -0.05) is 40.0 Å². The van der Waals surface area contributed by atoms with Gasteiger partial charge in [-0.3, -0.25) is 9.80 Å². The van der Waals surface area contributed by atoms with E-state index in [0.717, 1.165) is 31.4 Å². The SMILES string of the molecule is CCC(C)(C)n1nnnc1C(C(C)C)N1CCN(C2CCCCC2)CC1. The van der Waals surface area contributed by atoms with Crippen LogP contribution in [0.3, 0.4) is 0 Å². The van der Waals surface area contributed by atoms with Gasteiger partial charge in [-0.05, 0) is 49.5 Å². The monoisotopic (exact) mass is 362 g/mol. The Bertz CT molecular complexity index is 552. The highest BCUT2D eigenvalue weighted by Gasteiger charge is 2.35. The number of hydrogen-bond donors (Lipinski definition) is 0. The van der Waals surface area contributed by atoms with Gasteiger partial charge in [0.05, 0.1) is 11.6 Å². The molecule has 1 saturated heterocycles. The van der Waals surface area contributed by atoms with Crippen LogP contribution in [0.2, 0.25) is 0 Å². The van der Waals surface area contributed by atoms with Crippen LogP contribution in [0.1, 0.15) is 85.0 Å². The van der Waals surface area contributed by atoms with Crippen LogP contribution in [0, 0.1) is 5.92 Å². The van der Waals surface area contributed by atoms with Gasteiger partial charge in [0.1, 0.15) is 0 Å². The zero-order valence-corrected chi connectivity index (χ0v) is 17.5. The summed E-state index contributed by atoms with van der Waals surface area (Å²) in [7, 11) is 0. The van der Waals surface area contributed by atoms with Crippen molar-refractivity contribution in [3.05, 3.63) is 5.82 Å². The molecule has 26 heavy (non-hydrogen) atoms. The highest BCUT2D eigenvalue weighted by atomic mass is 15.6. The highest BCUT2D eigenvalue weighted by molar-refractivity contribution is 5.00. The van der Waals surface area contributed by atoms with Crippen LogP contribution < -0.4 is 0 Å². The van der Waals surface area contributed by atoms with E-state index >= 15 is 0 Å². The Morgan fingerprint density at radius 3 is 2.27 bits per heavy atom. The summed E-state index contributed by atoms with van der Waals surface area (Å²) in [5.41, 5.74) is -0.0457. The summed E-state index contributed by atoms with van der Waals surface area (Å²) >= 11 is 0. The lowest BCUT2D eigenvalue weighted by molar-refractivity contribution is 0.0374. The molecule has 2 aliphatic rings. The molecule has 3 rings (SSSR count). The standard InChI is InChI=1S/C20H38N6/c1-6-20(4,5)26-19(21-22-23-26)18(16(2)3)25-14-12-24(13-15-25)17-10-8-7-9-11-17/h16-18H,6-15H2,1-5H3. The van der Waals surface area contributed by atoms with Crippen molar-refractivity contribution in [3.8, 4) is 0 Å². The van der Waals surface area contributed by atoms with E-state index in [0.29, 0.717) is 12.0 Å². The van der Waals surface area contributed by atoms with Crippen molar-refractivity contribution in [1.82, 2.24) is 30.0 Å². The number of hydrogen-bond acceptors (Lipinski definition) is 5. The van der Waals surface area contributed by atoms with Gasteiger partial charge >= 0.3 is 0 Å². The number of nitrogens with zero attached hydrogens (tertiary/aromatic N) is 6. The fraction of sp³-hybridized carbons (Fsp3) is 0.950. The molecule has 0 spiro atoms. The second-order valence-corrected chi connectivity index (χ2v) is 9.17. The molecular formula is C20H38N6. The summed E-state index contributed by atoms with van der Waals surface area (Å²) in [4.78, 5) is 5.37. The number of tetrazole rings is 1. The molecule has 1 aliphatic carbocycles. The Balaban J connectivity index is 1.71. The van der Waals surface area contributed by atoms with Gasteiger partial charge in [-0.15, -0.1) is 5.10 Å². The van der Waals surface area contributed by atoms with Crippen molar-refractivity contribution in [2.45, 2.75) is 90.8 Å². The molecule has 6 heteroatoms. The van der Waals surface area contributed by atoms with Gasteiger partial charge in [0.25, 0.3) is 0 Å². The molecule has 1 unspecified atom stereocenters. The normalized spacial score (nSPS) is 22.8. The van der Waals surface area contributed by atoms with Crippen LogP contribution in [0.15, 0.2) is 0 Å². The topological polar surface area (TPSA) is 50.1 Å². The van der Waals surface area contributed by atoms with E-state index in [4.69, 9.17) is 0 Å². The van der Waals surface area contributed by atoms with E-state index < -0.39 is 0 Å². The van der Waals surface area contributed by atoms with Gasteiger partial charge in [0.15, 0.2) is 5.82 Å². The third-order valence-corrected chi connectivity index (χ3v) is 6.66. The maximum Gasteiger partial charge on any atom is 0.169 e. The predicted octanol–water partition coefficient (Wildman–Crippen LogP) is 3.47. The van der Waals surface area contributed by atoms with Crippen molar-refractivity contribution < 1.29 is 0 Å². The van der Waals surface area contributed by atoms with Gasteiger partial charge in [-0.2, -0.15) is 0 Å². The van der Waals surface area contributed by atoms with E-state index in [1.54, 1.807) is 0 Å². The molecule has 1 aromatic heterocycles. The quantitative estimate of drug-likeness (QED) is 0.775. The minimum absolute atomic E-state index is 0.0457. The average Bonchev–Trinajstić information content (AvgIpc) is 3.13. The largest absolute Gasteiger partial charge is 0.298 e. The molecule has 6 nitrogen and oxygen atoms in total. The first-order chi connectivity index (χ1) is 12.4. The van der Waals surface area contributed by atoms with Crippen LogP contribution in [0.5, 0.6) is 0 Å².